The zero-order valence-corrected chi connectivity index (χ0v) is 11.2. The lowest BCUT2D eigenvalue weighted by Gasteiger charge is -2.08. The van der Waals surface area contributed by atoms with E-state index in [0.29, 0.717) is 5.56 Å². The van der Waals surface area contributed by atoms with Crippen LogP contribution in [0.1, 0.15) is 23.2 Å². The van der Waals surface area contributed by atoms with Gasteiger partial charge >= 0.3 is 5.97 Å². The molecule has 1 saturated carbocycles. The van der Waals surface area contributed by atoms with Gasteiger partial charge in [-0.2, -0.15) is 0 Å². The van der Waals surface area contributed by atoms with Crippen molar-refractivity contribution in [3.05, 3.63) is 27.3 Å². The van der Waals surface area contributed by atoms with Gasteiger partial charge in [-0.05, 0) is 59.5 Å². The van der Waals surface area contributed by atoms with Crippen molar-refractivity contribution in [2.24, 2.45) is 5.92 Å². The van der Waals surface area contributed by atoms with E-state index >= 15 is 0 Å². The minimum absolute atomic E-state index is 0.313. The number of esters is 1. The van der Waals surface area contributed by atoms with E-state index in [9.17, 15) is 4.79 Å². The van der Waals surface area contributed by atoms with Gasteiger partial charge in [0.2, 0.25) is 0 Å². The maximum atomic E-state index is 11.3. The minimum atomic E-state index is -0.313. The number of halogens is 1. The topological polar surface area (TPSA) is 35.5 Å². The Labute approximate surface area is 108 Å². The second kappa shape index (κ2) is 5.03. The predicted octanol–water partition coefficient (Wildman–Crippen LogP) is 2.87. The van der Waals surface area contributed by atoms with E-state index in [1.807, 2.05) is 6.07 Å². The van der Waals surface area contributed by atoms with E-state index in [0.717, 1.165) is 21.8 Å². The number of carbonyl (C=O) groups is 1. The fourth-order valence-electron chi connectivity index (χ4n) is 1.35. The van der Waals surface area contributed by atoms with Gasteiger partial charge in [-0.1, -0.05) is 0 Å². The normalized spacial score (nSPS) is 14.6. The highest BCUT2D eigenvalue weighted by Gasteiger charge is 2.22. The molecule has 0 N–H and O–H groups in total. The Bertz CT molecular complexity index is 399. The van der Waals surface area contributed by atoms with Crippen molar-refractivity contribution in [1.29, 1.82) is 0 Å². The molecule has 1 aromatic carbocycles. The quantitative estimate of drug-likeness (QED) is 0.628. The van der Waals surface area contributed by atoms with Crippen LogP contribution in [0.25, 0.3) is 0 Å². The van der Waals surface area contributed by atoms with Gasteiger partial charge in [-0.3, -0.25) is 0 Å². The van der Waals surface area contributed by atoms with Gasteiger partial charge in [0.15, 0.2) is 0 Å². The van der Waals surface area contributed by atoms with Crippen LogP contribution in [-0.4, -0.2) is 19.7 Å². The average Bonchev–Trinajstić information content (AvgIpc) is 3.10. The second-order valence-electron chi connectivity index (χ2n) is 3.89. The molecule has 16 heavy (non-hydrogen) atoms. The molecule has 0 heterocycles. The van der Waals surface area contributed by atoms with E-state index in [-0.39, 0.29) is 5.97 Å². The van der Waals surface area contributed by atoms with Gasteiger partial charge in [0, 0.05) is 0 Å². The highest BCUT2D eigenvalue weighted by Crippen LogP contribution is 2.31. The Hall–Kier alpha value is -0.780. The van der Waals surface area contributed by atoms with Crippen LogP contribution in [0.3, 0.4) is 0 Å². The van der Waals surface area contributed by atoms with Gasteiger partial charge in [-0.25, -0.2) is 4.79 Å². The number of carbonyl (C=O) groups excluding carboxylic acids is 1. The Morgan fingerprint density at radius 1 is 1.50 bits per heavy atom. The first-order valence-corrected chi connectivity index (χ1v) is 6.29. The van der Waals surface area contributed by atoms with Crippen molar-refractivity contribution in [2.45, 2.75) is 12.8 Å². The van der Waals surface area contributed by atoms with Gasteiger partial charge in [0.05, 0.1) is 22.9 Å². The zero-order chi connectivity index (χ0) is 11.5. The van der Waals surface area contributed by atoms with Crippen molar-refractivity contribution < 1.29 is 14.3 Å². The highest BCUT2D eigenvalue weighted by molar-refractivity contribution is 14.1. The number of benzene rings is 1. The number of methoxy groups -OCH3 is 1. The van der Waals surface area contributed by atoms with Crippen molar-refractivity contribution in [3.63, 3.8) is 0 Å². The molecule has 1 aliphatic carbocycles. The molecule has 0 atom stereocenters. The van der Waals surface area contributed by atoms with E-state index in [1.165, 1.54) is 20.0 Å². The lowest BCUT2D eigenvalue weighted by Crippen LogP contribution is -2.04. The fraction of sp³-hybridized carbons (Fsp3) is 0.417. The first kappa shape index (κ1) is 11.7. The van der Waals surface area contributed by atoms with E-state index in [2.05, 4.69) is 27.3 Å². The summed E-state index contributed by atoms with van der Waals surface area (Å²) >= 11 is 2.17. The maximum Gasteiger partial charge on any atom is 0.337 e. The summed E-state index contributed by atoms with van der Waals surface area (Å²) in [5, 5.41) is 0. The lowest BCUT2D eigenvalue weighted by atomic mass is 10.2. The molecule has 0 bridgehead atoms. The van der Waals surface area contributed by atoms with Crippen LogP contribution in [0, 0.1) is 9.49 Å². The molecule has 1 fully saturated rings. The monoisotopic (exact) mass is 332 g/mol. The second-order valence-corrected chi connectivity index (χ2v) is 5.05. The summed E-state index contributed by atoms with van der Waals surface area (Å²) in [6.07, 6.45) is 2.55. The molecular weight excluding hydrogens is 319 g/mol. The molecule has 4 heteroatoms. The average molecular weight is 332 g/mol. The van der Waals surface area contributed by atoms with Crippen LogP contribution >= 0.6 is 22.6 Å². The molecule has 0 saturated heterocycles. The highest BCUT2D eigenvalue weighted by atomic mass is 127. The lowest BCUT2D eigenvalue weighted by molar-refractivity contribution is 0.0600. The minimum Gasteiger partial charge on any atom is -0.492 e. The first-order valence-electron chi connectivity index (χ1n) is 5.21. The number of hydrogen-bond acceptors (Lipinski definition) is 3. The number of rotatable bonds is 4. The largest absolute Gasteiger partial charge is 0.492 e. The SMILES string of the molecule is COC(=O)c1ccc(OCC2CC2)c(I)c1. The van der Waals surface area contributed by atoms with Crippen LogP contribution in [0.2, 0.25) is 0 Å². The summed E-state index contributed by atoms with van der Waals surface area (Å²) < 4.78 is 11.3. The summed E-state index contributed by atoms with van der Waals surface area (Å²) in [5.41, 5.74) is 0.561. The van der Waals surface area contributed by atoms with E-state index in [1.54, 1.807) is 12.1 Å². The number of hydrogen-bond donors (Lipinski definition) is 0. The summed E-state index contributed by atoms with van der Waals surface area (Å²) in [6.45, 7) is 0.785. The molecule has 3 nitrogen and oxygen atoms in total. The molecule has 2 rings (SSSR count). The molecule has 0 spiro atoms. The predicted molar refractivity (Wildman–Crippen MR) is 68.7 cm³/mol. The van der Waals surface area contributed by atoms with Crippen LogP contribution in [0.15, 0.2) is 18.2 Å². The summed E-state index contributed by atoms with van der Waals surface area (Å²) in [4.78, 5) is 11.3. The molecule has 0 aliphatic heterocycles. The van der Waals surface area contributed by atoms with Crippen LogP contribution in [0.5, 0.6) is 5.75 Å². The molecule has 0 radical (unpaired) electrons. The third-order valence-electron chi connectivity index (χ3n) is 2.52. The maximum absolute atomic E-state index is 11.3. The Morgan fingerprint density at radius 2 is 2.25 bits per heavy atom. The molecule has 0 amide bonds. The van der Waals surface area contributed by atoms with Crippen molar-refractivity contribution in [1.82, 2.24) is 0 Å². The third kappa shape index (κ3) is 2.87. The van der Waals surface area contributed by atoms with Gasteiger partial charge in [-0.15, -0.1) is 0 Å². The summed E-state index contributed by atoms with van der Waals surface area (Å²) in [6, 6.07) is 5.35. The van der Waals surface area contributed by atoms with Gasteiger partial charge < -0.3 is 9.47 Å². The number of ether oxygens (including phenoxy) is 2. The van der Waals surface area contributed by atoms with E-state index < -0.39 is 0 Å². The fourth-order valence-corrected chi connectivity index (χ4v) is 2.03. The van der Waals surface area contributed by atoms with Crippen molar-refractivity contribution in [2.75, 3.05) is 13.7 Å². The van der Waals surface area contributed by atoms with Gasteiger partial charge in [0.1, 0.15) is 5.75 Å². The summed E-state index contributed by atoms with van der Waals surface area (Å²) in [5.74, 6) is 1.27. The van der Waals surface area contributed by atoms with Crippen LogP contribution < -0.4 is 4.74 Å². The van der Waals surface area contributed by atoms with Crippen LogP contribution in [-0.2, 0) is 4.74 Å². The zero-order valence-electron chi connectivity index (χ0n) is 9.03. The summed E-state index contributed by atoms with van der Waals surface area (Å²) in [7, 11) is 1.38. The first-order chi connectivity index (χ1) is 7.70. The molecule has 1 aromatic rings. The van der Waals surface area contributed by atoms with Gasteiger partial charge in [0.25, 0.3) is 0 Å². The molecular formula is C12H13IO3. The molecule has 0 aromatic heterocycles. The molecule has 86 valence electrons. The Kier molecular flexibility index (Phi) is 3.68. The van der Waals surface area contributed by atoms with Crippen LogP contribution in [0.4, 0.5) is 0 Å². The Balaban J connectivity index is 2.05. The standard InChI is InChI=1S/C12H13IO3/c1-15-12(14)9-4-5-11(10(13)6-9)16-7-8-2-3-8/h4-6,8H,2-3,7H2,1H3. The molecule has 1 aliphatic rings. The molecule has 0 unspecified atom stereocenters. The van der Waals surface area contributed by atoms with Crippen molar-refractivity contribution >= 4 is 28.6 Å². The smallest absolute Gasteiger partial charge is 0.337 e. The van der Waals surface area contributed by atoms with E-state index in [4.69, 9.17) is 4.74 Å². The van der Waals surface area contributed by atoms with Crippen molar-refractivity contribution in [3.8, 4) is 5.75 Å². The third-order valence-corrected chi connectivity index (χ3v) is 3.37. The Morgan fingerprint density at radius 3 is 2.81 bits per heavy atom.